The van der Waals surface area contributed by atoms with Crippen LogP contribution in [-0.2, 0) is 9.59 Å². The van der Waals surface area contributed by atoms with Gasteiger partial charge in [0.2, 0.25) is 11.8 Å². The molecular formula is C36H40Br2N2O2. The Balaban J connectivity index is 0.000000137. The molecule has 0 saturated carbocycles. The standard InChI is InChI=1S/2C18H20BrNO/c2*19-14-6-3-12(4-7-14)15-8-5-13-2-1-10-20-11-9-16(15)17(13)18(20)21/h2*3-8,13,15-17H,1-2,9-11H2/t2*13-,15-,16-,17-/m00/s1. The fourth-order valence-electron chi connectivity index (χ4n) is 8.95. The number of hydrogen-bond acceptors (Lipinski definition) is 2. The molecule has 4 saturated heterocycles. The van der Waals surface area contributed by atoms with Crippen LogP contribution in [0.1, 0.15) is 61.5 Å². The van der Waals surface area contributed by atoms with E-state index in [1.54, 1.807) is 0 Å². The van der Waals surface area contributed by atoms with Gasteiger partial charge in [0.1, 0.15) is 0 Å². The zero-order valence-corrected chi connectivity index (χ0v) is 27.3. The molecule has 2 aromatic rings. The molecule has 220 valence electrons. The third-order valence-electron chi connectivity index (χ3n) is 11.0. The normalized spacial score (nSPS) is 34.7. The quantitative estimate of drug-likeness (QED) is 0.300. The third-order valence-corrected chi connectivity index (χ3v) is 12.1. The lowest BCUT2D eigenvalue weighted by Gasteiger charge is -2.43. The number of benzene rings is 2. The average Bonchev–Trinajstić information content (AvgIpc) is 3.20. The molecule has 4 nitrogen and oxygen atoms in total. The summed E-state index contributed by atoms with van der Waals surface area (Å²) in [5, 5.41) is 0. The molecule has 8 atom stereocenters. The first kappa shape index (κ1) is 28.6. The van der Waals surface area contributed by atoms with Gasteiger partial charge in [-0.1, -0.05) is 80.4 Å². The largest absolute Gasteiger partial charge is 0.342 e. The minimum atomic E-state index is 0.222. The second kappa shape index (κ2) is 12.1. The van der Waals surface area contributed by atoms with Crippen molar-refractivity contribution < 1.29 is 9.59 Å². The Morgan fingerprint density at radius 3 is 1.33 bits per heavy atom. The van der Waals surface area contributed by atoms with Crippen molar-refractivity contribution in [1.82, 2.24) is 9.80 Å². The van der Waals surface area contributed by atoms with Crippen LogP contribution in [0, 0.1) is 35.5 Å². The molecular weight excluding hydrogens is 652 g/mol. The summed E-state index contributed by atoms with van der Waals surface area (Å²) in [4.78, 5) is 29.7. The van der Waals surface area contributed by atoms with E-state index in [1.807, 2.05) is 0 Å². The Morgan fingerprint density at radius 1 is 0.524 bits per heavy atom. The maximum absolute atomic E-state index is 12.8. The van der Waals surface area contributed by atoms with Gasteiger partial charge in [-0.05, 0) is 97.6 Å². The van der Waals surface area contributed by atoms with Crippen LogP contribution in [0.3, 0.4) is 0 Å². The van der Waals surface area contributed by atoms with Crippen molar-refractivity contribution in [3.8, 4) is 0 Å². The number of carbonyl (C=O) groups is 2. The van der Waals surface area contributed by atoms with Gasteiger partial charge in [-0.25, -0.2) is 0 Å². The van der Waals surface area contributed by atoms with E-state index in [2.05, 4.69) is 114 Å². The van der Waals surface area contributed by atoms with E-state index in [1.165, 1.54) is 24.0 Å². The number of nitrogens with zero attached hydrogens (tertiary/aromatic N) is 2. The molecule has 0 spiro atoms. The fraction of sp³-hybridized carbons (Fsp3) is 0.500. The summed E-state index contributed by atoms with van der Waals surface area (Å²) < 4.78 is 2.23. The lowest BCUT2D eigenvalue weighted by molar-refractivity contribution is -0.143. The molecule has 0 N–H and O–H groups in total. The highest BCUT2D eigenvalue weighted by Gasteiger charge is 2.48. The molecule has 0 unspecified atom stereocenters. The molecule has 0 aromatic heterocycles. The van der Waals surface area contributed by atoms with Crippen LogP contribution in [0.25, 0.3) is 0 Å². The lowest BCUT2D eigenvalue weighted by atomic mass is 9.65. The van der Waals surface area contributed by atoms with Crippen molar-refractivity contribution in [1.29, 1.82) is 0 Å². The van der Waals surface area contributed by atoms with Crippen molar-refractivity contribution in [2.75, 3.05) is 26.2 Å². The summed E-state index contributed by atoms with van der Waals surface area (Å²) in [6.07, 6.45) is 16.4. The Bertz CT molecular complexity index is 1260. The molecule has 4 aliphatic heterocycles. The summed E-state index contributed by atoms with van der Waals surface area (Å²) in [7, 11) is 0. The first-order valence-corrected chi connectivity index (χ1v) is 17.5. The topological polar surface area (TPSA) is 40.6 Å². The van der Waals surface area contributed by atoms with E-state index in [0.717, 1.165) is 60.8 Å². The molecule has 42 heavy (non-hydrogen) atoms. The number of piperidine rings is 2. The van der Waals surface area contributed by atoms with Gasteiger partial charge in [-0.2, -0.15) is 0 Å². The number of halogens is 2. The molecule has 2 aliphatic carbocycles. The van der Waals surface area contributed by atoms with E-state index in [9.17, 15) is 9.59 Å². The number of carbonyl (C=O) groups excluding carboxylic acids is 2. The predicted molar refractivity (Wildman–Crippen MR) is 174 cm³/mol. The monoisotopic (exact) mass is 690 g/mol. The van der Waals surface area contributed by atoms with Crippen molar-refractivity contribution in [3.63, 3.8) is 0 Å². The van der Waals surface area contributed by atoms with Crippen LogP contribution in [0.15, 0.2) is 81.8 Å². The summed E-state index contributed by atoms with van der Waals surface area (Å²) >= 11 is 7.01. The zero-order valence-electron chi connectivity index (χ0n) is 24.1. The first-order chi connectivity index (χ1) is 20.5. The maximum Gasteiger partial charge on any atom is 0.226 e. The molecule has 6 aliphatic rings. The van der Waals surface area contributed by atoms with Gasteiger partial charge in [-0.15, -0.1) is 0 Å². The summed E-state index contributed by atoms with van der Waals surface area (Å²) in [6, 6.07) is 17.2. The number of allylic oxidation sites excluding steroid dienone is 4. The molecule has 4 heterocycles. The molecule has 0 radical (unpaired) electrons. The smallest absolute Gasteiger partial charge is 0.226 e. The Kier molecular flexibility index (Phi) is 8.22. The minimum Gasteiger partial charge on any atom is -0.342 e. The van der Waals surface area contributed by atoms with E-state index < -0.39 is 0 Å². The van der Waals surface area contributed by atoms with E-state index in [0.29, 0.717) is 47.3 Å². The van der Waals surface area contributed by atoms with E-state index in [-0.39, 0.29) is 11.8 Å². The van der Waals surface area contributed by atoms with Crippen molar-refractivity contribution in [2.45, 2.75) is 50.4 Å². The van der Waals surface area contributed by atoms with Crippen molar-refractivity contribution >= 4 is 43.7 Å². The highest BCUT2D eigenvalue weighted by atomic mass is 79.9. The van der Waals surface area contributed by atoms with Gasteiger partial charge in [-0.3, -0.25) is 9.59 Å². The third kappa shape index (κ3) is 5.36. The maximum atomic E-state index is 12.8. The number of rotatable bonds is 2. The molecule has 4 bridgehead atoms. The lowest BCUT2D eigenvalue weighted by Crippen LogP contribution is -2.48. The van der Waals surface area contributed by atoms with Gasteiger partial charge >= 0.3 is 0 Å². The van der Waals surface area contributed by atoms with Gasteiger partial charge in [0.15, 0.2) is 0 Å². The average molecular weight is 693 g/mol. The fourth-order valence-corrected chi connectivity index (χ4v) is 9.48. The highest BCUT2D eigenvalue weighted by Crippen LogP contribution is 2.49. The summed E-state index contributed by atoms with van der Waals surface area (Å²) in [5.74, 6) is 4.01. The predicted octanol–water partition coefficient (Wildman–Crippen LogP) is 7.95. The highest BCUT2D eigenvalue weighted by molar-refractivity contribution is 9.10. The summed E-state index contributed by atoms with van der Waals surface area (Å²) in [5.41, 5.74) is 2.70. The number of hydrogen-bond donors (Lipinski definition) is 0. The number of fused-ring (bicyclic) bond motifs is 2. The van der Waals surface area contributed by atoms with Gasteiger partial charge in [0.05, 0.1) is 0 Å². The SMILES string of the molecule is O=C1[C@@H]2[C@H]3CCN1CCC[C@H]2C=C[C@H]3c1ccc(Br)cc1.O=C1[C@@H]2[C@H]3CCN1CCC[C@H]2C=C[C@H]3c1ccc(Br)cc1. The second-order valence-corrected chi connectivity index (χ2v) is 15.0. The minimum absolute atomic E-state index is 0.222. The van der Waals surface area contributed by atoms with Gasteiger partial charge in [0.25, 0.3) is 0 Å². The summed E-state index contributed by atoms with van der Waals surface area (Å²) in [6.45, 7) is 3.84. The zero-order chi connectivity index (χ0) is 28.8. The first-order valence-electron chi connectivity index (χ1n) is 15.9. The van der Waals surface area contributed by atoms with Crippen LogP contribution < -0.4 is 0 Å². The molecule has 4 fully saturated rings. The molecule has 6 heteroatoms. The van der Waals surface area contributed by atoms with Gasteiger partial charge in [0, 0.05) is 58.8 Å². The Hall–Kier alpha value is -2.18. The molecule has 2 amide bonds. The van der Waals surface area contributed by atoms with Crippen LogP contribution in [-0.4, -0.2) is 47.8 Å². The van der Waals surface area contributed by atoms with Crippen LogP contribution >= 0.6 is 31.9 Å². The second-order valence-electron chi connectivity index (χ2n) is 13.1. The molecule has 2 aromatic carbocycles. The van der Waals surface area contributed by atoms with Crippen LogP contribution in [0.4, 0.5) is 0 Å². The Labute approximate surface area is 266 Å². The van der Waals surface area contributed by atoms with Crippen molar-refractivity contribution in [2.24, 2.45) is 35.5 Å². The van der Waals surface area contributed by atoms with E-state index in [4.69, 9.17) is 0 Å². The van der Waals surface area contributed by atoms with Crippen molar-refractivity contribution in [3.05, 3.63) is 92.9 Å². The van der Waals surface area contributed by atoms with Crippen LogP contribution in [0.2, 0.25) is 0 Å². The van der Waals surface area contributed by atoms with Gasteiger partial charge < -0.3 is 9.80 Å². The Morgan fingerprint density at radius 2 is 0.929 bits per heavy atom. The number of amides is 2. The van der Waals surface area contributed by atoms with Crippen LogP contribution in [0.5, 0.6) is 0 Å². The van der Waals surface area contributed by atoms with E-state index >= 15 is 0 Å². The molecule has 8 rings (SSSR count).